The highest BCUT2D eigenvalue weighted by molar-refractivity contribution is 5.70. The number of aliphatic hydroxyl groups is 1. The number of carbonyl (C=O) groups excluding carboxylic acids is 1. The highest BCUT2D eigenvalue weighted by Crippen LogP contribution is 2.29. The molecule has 0 bridgehead atoms. The maximum Gasteiger partial charge on any atom is 0.308 e. The molecule has 2 atom stereocenters. The van der Waals surface area contributed by atoms with E-state index in [0.717, 1.165) is 6.42 Å². The molecule has 18 heavy (non-hydrogen) atoms. The number of hydrogen-bond acceptors (Lipinski definition) is 3. The molecule has 0 aliphatic rings. The molecule has 0 amide bonds. The molecule has 3 nitrogen and oxygen atoms in total. The van der Waals surface area contributed by atoms with Gasteiger partial charge in [0.1, 0.15) is 5.60 Å². The molecule has 1 N–H and O–H groups in total. The topological polar surface area (TPSA) is 46.5 Å². The van der Waals surface area contributed by atoms with Gasteiger partial charge in [0, 0.05) is 0 Å². The van der Waals surface area contributed by atoms with Crippen molar-refractivity contribution in [2.75, 3.05) is 0 Å². The molecule has 0 fully saturated rings. The van der Waals surface area contributed by atoms with Crippen molar-refractivity contribution >= 4 is 5.97 Å². The van der Waals surface area contributed by atoms with Gasteiger partial charge < -0.3 is 9.84 Å². The molecule has 0 aromatic carbocycles. The molecule has 0 heterocycles. The number of carbonyl (C=O) groups is 1. The van der Waals surface area contributed by atoms with Crippen LogP contribution in [0.4, 0.5) is 0 Å². The monoisotopic (exact) mass is 256 g/mol. The van der Waals surface area contributed by atoms with Crippen LogP contribution in [0.1, 0.15) is 54.4 Å². The molecule has 2 unspecified atom stereocenters. The van der Waals surface area contributed by atoms with E-state index in [1.54, 1.807) is 0 Å². The van der Waals surface area contributed by atoms with Crippen molar-refractivity contribution in [3.05, 3.63) is 12.7 Å². The first-order chi connectivity index (χ1) is 7.97. The number of esters is 1. The fraction of sp³-hybridized carbons (Fsp3) is 0.800. The van der Waals surface area contributed by atoms with E-state index in [1.165, 1.54) is 0 Å². The van der Waals surface area contributed by atoms with E-state index in [9.17, 15) is 9.90 Å². The lowest BCUT2D eigenvalue weighted by molar-refractivity contribution is -0.157. The summed E-state index contributed by atoms with van der Waals surface area (Å²) in [5.74, 6) is -0.316. The lowest BCUT2D eigenvalue weighted by Crippen LogP contribution is -2.30. The molecule has 0 aromatic rings. The van der Waals surface area contributed by atoms with Crippen LogP contribution in [-0.4, -0.2) is 22.8 Å². The SMILES string of the molecule is C=CC(C)(C)CC(C)C(O)CC(=O)OC(C)(C)C. The molecular formula is C15H28O3. The molecule has 3 heteroatoms. The molecule has 106 valence electrons. The lowest BCUT2D eigenvalue weighted by atomic mass is 9.81. The van der Waals surface area contributed by atoms with Gasteiger partial charge in [-0.3, -0.25) is 4.79 Å². The third-order valence-corrected chi connectivity index (χ3v) is 2.85. The van der Waals surface area contributed by atoms with Crippen LogP contribution in [0.3, 0.4) is 0 Å². The van der Waals surface area contributed by atoms with Crippen molar-refractivity contribution in [2.24, 2.45) is 11.3 Å². The normalized spacial score (nSPS) is 15.9. The van der Waals surface area contributed by atoms with Gasteiger partial charge in [-0.1, -0.05) is 26.8 Å². The first-order valence-corrected chi connectivity index (χ1v) is 6.50. The van der Waals surface area contributed by atoms with Gasteiger partial charge in [-0.2, -0.15) is 0 Å². The minimum absolute atomic E-state index is 0.0329. The van der Waals surface area contributed by atoms with Gasteiger partial charge in [-0.25, -0.2) is 0 Å². The molecular weight excluding hydrogens is 228 g/mol. The molecule has 0 radical (unpaired) electrons. The zero-order chi connectivity index (χ0) is 14.6. The average molecular weight is 256 g/mol. The molecule has 0 saturated heterocycles. The molecule has 0 aromatic heterocycles. The van der Waals surface area contributed by atoms with E-state index >= 15 is 0 Å². The fourth-order valence-electron chi connectivity index (χ4n) is 1.80. The van der Waals surface area contributed by atoms with Gasteiger partial charge in [-0.15, -0.1) is 6.58 Å². The Bertz CT molecular complexity index is 287. The van der Waals surface area contributed by atoms with Crippen LogP contribution in [-0.2, 0) is 9.53 Å². The Morgan fingerprint density at radius 2 is 1.83 bits per heavy atom. The summed E-state index contributed by atoms with van der Waals surface area (Å²) in [6.45, 7) is 15.3. The third kappa shape index (κ3) is 7.49. The number of ether oxygens (including phenoxy) is 1. The van der Waals surface area contributed by atoms with Crippen LogP contribution in [0.15, 0.2) is 12.7 Å². The predicted molar refractivity (Wildman–Crippen MR) is 74.2 cm³/mol. The summed E-state index contributed by atoms with van der Waals surface area (Å²) in [5.41, 5.74) is -0.533. The maximum atomic E-state index is 11.6. The van der Waals surface area contributed by atoms with Crippen molar-refractivity contribution in [1.82, 2.24) is 0 Å². The van der Waals surface area contributed by atoms with Gasteiger partial charge >= 0.3 is 5.97 Å². The second-order valence-corrected chi connectivity index (χ2v) is 6.73. The molecule has 0 rings (SSSR count). The van der Waals surface area contributed by atoms with Crippen molar-refractivity contribution in [3.8, 4) is 0 Å². The summed E-state index contributed by atoms with van der Waals surface area (Å²) in [4.78, 5) is 11.6. The van der Waals surface area contributed by atoms with Crippen LogP contribution >= 0.6 is 0 Å². The summed E-state index contributed by atoms with van der Waals surface area (Å²) >= 11 is 0. The van der Waals surface area contributed by atoms with Crippen molar-refractivity contribution < 1.29 is 14.6 Å². The van der Waals surface area contributed by atoms with Gasteiger partial charge in [0.15, 0.2) is 0 Å². The van der Waals surface area contributed by atoms with Gasteiger partial charge in [0.2, 0.25) is 0 Å². The van der Waals surface area contributed by atoms with E-state index in [0.29, 0.717) is 0 Å². The Morgan fingerprint density at radius 1 is 1.33 bits per heavy atom. The molecule has 0 saturated carbocycles. The Balaban J connectivity index is 4.28. The first kappa shape index (κ1) is 17.2. The third-order valence-electron chi connectivity index (χ3n) is 2.85. The van der Waals surface area contributed by atoms with Crippen LogP contribution in [0, 0.1) is 11.3 Å². The number of aliphatic hydroxyl groups excluding tert-OH is 1. The summed E-state index contributed by atoms with van der Waals surface area (Å²) < 4.78 is 5.20. The Morgan fingerprint density at radius 3 is 2.22 bits per heavy atom. The highest BCUT2D eigenvalue weighted by Gasteiger charge is 2.26. The van der Waals surface area contributed by atoms with Gasteiger partial charge in [0.25, 0.3) is 0 Å². The van der Waals surface area contributed by atoms with Gasteiger partial charge in [0.05, 0.1) is 12.5 Å². The van der Waals surface area contributed by atoms with E-state index < -0.39 is 11.7 Å². The Labute approximate surface area is 111 Å². The van der Waals surface area contributed by atoms with Crippen LogP contribution in [0.25, 0.3) is 0 Å². The maximum absolute atomic E-state index is 11.6. The lowest BCUT2D eigenvalue weighted by Gasteiger charge is -2.28. The minimum atomic E-state index is -0.668. The second-order valence-electron chi connectivity index (χ2n) is 6.73. The number of hydrogen-bond donors (Lipinski definition) is 1. The van der Waals surface area contributed by atoms with E-state index in [-0.39, 0.29) is 23.7 Å². The average Bonchev–Trinajstić information content (AvgIpc) is 2.13. The Kier molecular flexibility index (Phi) is 6.08. The quantitative estimate of drug-likeness (QED) is 0.586. The minimum Gasteiger partial charge on any atom is -0.460 e. The predicted octanol–water partition coefficient (Wildman–Crippen LogP) is 3.32. The highest BCUT2D eigenvalue weighted by atomic mass is 16.6. The summed E-state index contributed by atoms with van der Waals surface area (Å²) in [6, 6.07) is 0. The number of rotatable bonds is 6. The zero-order valence-electron chi connectivity index (χ0n) is 12.6. The largest absolute Gasteiger partial charge is 0.460 e. The second kappa shape index (κ2) is 6.37. The van der Waals surface area contributed by atoms with Crippen molar-refractivity contribution in [2.45, 2.75) is 66.1 Å². The van der Waals surface area contributed by atoms with E-state index in [2.05, 4.69) is 20.4 Å². The van der Waals surface area contributed by atoms with Gasteiger partial charge in [-0.05, 0) is 38.5 Å². The molecule has 0 spiro atoms. The summed E-state index contributed by atoms with van der Waals surface area (Å²) in [6.07, 6.45) is 2.05. The number of allylic oxidation sites excluding steroid dienone is 1. The van der Waals surface area contributed by atoms with Crippen molar-refractivity contribution in [3.63, 3.8) is 0 Å². The van der Waals surface area contributed by atoms with Crippen LogP contribution in [0.2, 0.25) is 0 Å². The van der Waals surface area contributed by atoms with E-state index in [1.807, 2.05) is 33.8 Å². The smallest absolute Gasteiger partial charge is 0.308 e. The molecule has 0 aliphatic carbocycles. The van der Waals surface area contributed by atoms with Crippen LogP contribution in [0.5, 0.6) is 0 Å². The zero-order valence-corrected chi connectivity index (χ0v) is 12.6. The first-order valence-electron chi connectivity index (χ1n) is 6.50. The fourth-order valence-corrected chi connectivity index (χ4v) is 1.80. The summed E-state index contributed by atoms with van der Waals surface area (Å²) in [5, 5.41) is 10.0. The Hall–Kier alpha value is -0.830. The standard InChI is InChI=1S/C15H28O3/c1-8-15(6,7)10-11(2)12(16)9-13(17)18-14(3,4)5/h8,11-12,16H,1,9-10H2,2-7H3. The molecule has 0 aliphatic heterocycles. The van der Waals surface area contributed by atoms with Crippen LogP contribution < -0.4 is 0 Å². The van der Waals surface area contributed by atoms with E-state index in [4.69, 9.17) is 4.74 Å². The summed E-state index contributed by atoms with van der Waals surface area (Å²) in [7, 11) is 0. The van der Waals surface area contributed by atoms with Crippen molar-refractivity contribution in [1.29, 1.82) is 0 Å².